The number of nitrogens with zero attached hydrogens (tertiary/aromatic N) is 3. The van der Waals surface area contributed by atoms with Gasteiger partial charge in [-0.1, -0.05) is 6.92 Å². The molecule has 0 fully saturated rings. The molecule has 5 nitrogen and oxygen atoms in total. The average molecular weight is 297 g/mol. The van der Waals surface area contributed by atoms with Crippen molar-refractivity contribution in [2.24, 2.45) is 0 Å². The summed E-state index contributed by atoms with van der Waals surface area (Å²) in [7, 11) is 1.87. The Balaban J connectivity index is 2.33. The highest BCUT2D eigenvalue weighted by atomic mass is 79.9. The van der Waals surface area contributed by atoms with Crippen LogP contribution in [0.1, 0.15) is 25.3 Å². The minimum atomic E-state index is 0.0822. The van der Waals surface area contributed by atoms with E-state index in [4.69, 9.17) is 4.42 Å². The van der Waals surface area contributed by atoms with Crippen LogP contribution in [0.2, 0.25) is 0 Å². The van der Waals surface area contributed by atoms with E-state index in [-0.39, 0.29) is 6.04 Å². The average Bonchev–Trinajstić information content (AvgIpc) is 2.81. The van der Waals surface area contributed by atoms with Gasteiger partial charge in [-0.15, -0.1) is 10.2 Å². The normalized spacial score (nSPS) is 12.6. The first-order valence-corrected chi connectivity index (χ1v) is 6.17. The fraction of sp³-hybridized carbons (Fsp3) is 0.364. The predicted octanol–water partition coefficient (Wildman–Crippen LogP) is 2.56. The third-order valence-corrected chi connectivity index (χ3v) is 3.10. The van der Waals surface area contributed by atoms with E-state index in [1.807, 2.05) is 19.2 Å². The van der Waals surface area contributed by atoms with Gasteiger partial charge in [-0.2, -0.15) is 0 Å². The van der Waals surface area contributed by atoms with Crippen molar-refractivity contribution >= 4 is 15.9 Å². The van der Waals surface area contributed by atoms with Crippen molar-refractivity contribution in [3.05, 3.63) is 28.7 Å². The summed E-state index contributed by atoms with van der Waals surface area (Å²) in [5, 5.41) is 11.2. The zero-order valence-corrected chi connectivity index (χ0v) is 11.2. The van der Waals surface area contributed by atoms with Crippen LogP contribution in [0.25, 0.3) is 11.6 Å². The van der Waals surface area contributed by atoms with Crippen LogP contribution in [-0.4, -0.2) is 22.2 Å². The van der Waals surface area contributed by atoms with Gasteiger partial charge >= 0.3 is 0 Å². The van der Waals surface area contributed by atoms with Gasteiger partial charge in [0.2, 0.25) is 5.89 Å². The van der Waals surface area contributed by atoms with E-state index in [0.29, 0.717) is 17.5 Å². The van der Waals surface area contributed by atoms with Crippen molar-refractivity contribution in [3.63, 3.8) is 0 Å². The van der Waals surface area contributed by atoms with Crippen LogP contribution in [0.5, 0.6) is 0 Å². The Hall–Kier alpha value is -1.27. The summed E-state index contributed by atoms with van der Waals surface area (Å²) in [6.07, 6.45) is 2.58. The number of pyridine rings is 1. The molecule has 0 saturated carbocycles. The van der Waals surface area contributed by atoms with Crippen LogP contribution >= 0.6 is 15.9 Å². The molecule has 0 bridgehead atoms. The Morgan fingerprint density at radius 2 is 2.29 bits per heavy atom. The SMILES string of the molecule is CCC(NC)c1nnc(-c2ncccc2Br)o1. The molecule has 2 heterocycles. The molecule has 2 aromatic rings. The molecule has 0 aliphatic heterocycles. The third kappa shape index (κ3) is 2.53. The zero-order valence-electron chi connectivity index (χ0n) is 9.64. The molecule has 0 spiro atoms. The van der Waals surface area contributed by atoms with Crippen molar-refractivity contribution in [2.45, 2.75) is 19.4 Å². The molecule has 1 atom stereocenters. The maximum Gasteiger partial charge on any atom is 0.267 e. The minimum Gasteiger partial charge on any atom is -0.418 e. The lowest BCUT2D eigenvalue weighted by molar-refractivity contribution is 0.414. The zero-order chi connectivity index (χ0) is 12.3. The summed E-state index contributed by atoms with van der Waals surface area (Å²) in [5.41, 5.74) is 0.664. The Labute approximate surface area is 108 Å². The topological polar surface area (TPSA) is 63.8 Å². The van der Waals surface area contributed by atoms with Crippen LogP contribution in [-0.2, 0) is 0 Å². The van der Waals surface area contributed by atoms with Crippen molar-refractivity contribution in [1.29, 1.82) is 0 Å². The standard InChI is InChI=1S/C11H13BrN4O/c1-3-8(13-2)10-15-16-11(17-10)9-7(12)5-4-6-14-9/h4-6,8,13H,3H2,1-2H3. The van der Waals surface area contributed by atoms with Crippen LogP contribution in [0.4, 0.5) is 0 Å². The Morgan fingerprint density at radius 1 is 1.47 bits per heavy atom. The largest absolute Gasteiger partial charge is 0.418 e. The molecule has 0 radical (unpaired) electrons. The molecule has 17 heavy (non-hydrogen) atoms. The van der Waals surface area contributed by atoms with Crippen molar-refractivity contribution < 1.29 is 4.42 Å². The lowest BCUT2D eigenvalue weighted by Crippen LogP contribution is -2.15. The summed E-state index contributed by atoms with van der Waals surface area (Å²) in [4.78, 5) is 4.21. The Bertz CT molecular complexity index is 496. The van der Waals surface area contributed by atoms with Gasteiger partial charge in [0.25, 0.3) is 5.89 Å². The Morgan fingerprint density at radius 3 is 2.94 bits per heavy atom. The van der Waals surface area contributed by atoms with Crippen molar-refractivity contribution in [3.8, 4) is 11.6 Å². The molecule has 0 aromatic carbocycles. The number of nitrogens with one attached hydrogen (secondary N) is 1. The molecule has 1 N–H and O–H groups in total. The monoisotopic (exact) mass is 296 g/mol. The number of hydrogen-bond acceptors (Lipinski definition) is 5. The molecule has 1 unspecified atom stereocenters. The highest BCUT2D eigenvalue weighted by Gasteiger charge is 2.17. The smallest absolute Gasteiger partial charge is 0.267 e. The second-order valence-corrected chi connectivity index (χ2v) is 4.38. The van der Waals surface area contributed by atoms with E-state index in [2.05, 4.69) is 43.4 Å². The summed E-state index contributed by atoms with van der Waals surface area (Å²) in [6, 6.07) is 3.81. The van der Waals surface area contributed by atoms with Crippen molar-refractivity contribution in [1.82, 2.24) is 20.5 Å². The molecule has 90 valence electrons. The van der Waals surface area contributed by atoms with Gasteiger partial charge in [0.05, 0.1) is 6.04 Å². The van der Waals surface area contributed by atoms with Gasteiger partial charge in [0.15, 0.2) is 0 Å². The van der Waals surface area contributed by atoms with Gasteiger partial charge < -0.3 is 9.73 Å². The predicted molar refractivity (Wildman–Crippen MR) is 67.3 cm³/mol. The van der Waals surface area contributed by atoms with Crippen molar-refractivity contribution in [2.75, 3.05) is 7.05 Å². The second-order valence-electron chi connectivity index (χ2n) is 3.53. The van der Waals surface area contributed by atoms with Gasteiger partial charge in [-0.05, 0) is 41.5 Å². The van der Waals surface area contributed by atoms with Crippen LogP contribution in [0.15, 0.2) is 27.2 Å². The van der Waals surface area contributed by atoms with E-state index in [1.165, 1.54) is 0 Å². The Kier molecular flexibility index (Phi) is 3.86. The lowest BCUT2D eigenvalue weighted by atomic mass is 10.2. The summed E-state index contributed by atoms with van der Waals surface area (Å²) in [6.45, 7) is 2.06. The first kappa shape index (κ1) is 12.2. The van der Waals surface area contributed by atoms with E-state index in [0.717, 1.165) is 10.9 Å². The molecular weight excluding hydrogens is 284 g/mol. The molecule has 6 heteroatoms. The van der Waals surface area contributed by atoms with Gasteiger partial charge in [0, 0.05) is 10.7 Å². The van der Waals surface area contributed by atoms with Gasteiger partial charge in [-0.25, -0.2) is 4.98 Å². The fourth-order valence-corrected chi connectivity index (χ4v) is 1.94. The molecule has 0 amide bonds. The quantitative estimate of drug-likeness (QED) is 0.939. The second kappa shape index (κ2) is 5.37. The number of aromatic nitrogens is 3. The first-order valence-electron chi connectivity index (χ1n) is 5.37. The third-order valence-electron chi connectivity index (χ3n) is 2.46. The summed E-state index contributed by atoms with van der Waals surface area (Å²) in [5.74, 6) is 1.02. The molecule has 2 aromatic heterocycles. The molecular formula is C11H13BrN4O. The van der Waals surface area contributed by atoms with E-state index in [1.54, 1.807) is 6.20 Å². The summed E-state index contributed by atoms with van der Waals surface area (Å²) < 4.78 is 6.46. The maximum atomic E-state index is 5.62. The fourth-order valence-electron chi connectivity index (χ4n) is 1.52. The van der Waals surface area contributed by atoms with E-state index in [9.17, 15) is 0 Å². The highest BCUT2D eigenvalue weighted by Crippen LogP contribution is 2.26. The molecule has 2 rings (SSSR count). The highest BCUT2D eigenvalue weighted by molar-refractivity contribution is 9.10. The lowest BCUT2D eigenvalue weighted by Gasteiger charge is -2.07. The maximum absolute atomic E-state index is 5.62. The number of halogens is 1. The van der Waals surface area contributed by atoms with E-state index < -0.39 is 0 Å². The molecule has 0 saturated heterocycles. The first-order chi connectivity index (χ1) is 8.26. The van der Waals surface area contributed by atoms with Crippen LogP contribution in [0.3, 0.4) is 0 Å². The molecule has 0 aliphatic rings. The number of rotatable bonds is 4. The number of hydrogen-bond donors (Lipinski definition) is 1. The molecule has 0 aliphatic carbocycles. The minimum absolute atomic E-state index is 0.0822. The summed E-state index contributed by atoms with van der Waals surface area (Å²) >= 11 is 3.41. The van der Waals surface area contributed by atoms with Crippen LogP contribution in [0, 0.1) is 0 Å². The van der Waals surface area contributed by atoms with Gasteiger partial charge in [0.1, 0.15) is 5.69 Å². The van der Waals surface area contributed by atoms with Gasteiger partial charge in [-0.3, -0.25) is 0 Å². The van der Waals surface area contributed by atoms with E-state index >= 15 is 0 Å². The van der Waals surface area contributed by atoms with Crippen LogP contribution < -0.4 is 5.32 Å².